The molecule has 0 spiro atoms. The molecule has 0 aliphatic heterocycles. The maximum Gasteiger partial charge on any atom is 0.0629 e. The van der Waals surface area contributed by atoms with Crippen LogP contribution in [0.5, 0.6) is 0 Å². The molecule has 0 unspecified atom stereocenters. The van der Waals surface area contributed by atoms with Gasteiger partial charge in [0.25, 0.3) is 0 Å². The summed E-state index contributed by atoms with van der Waals surface area (Å²) in [6.45, 7) is 0. The van der Waals surface area contributed by atoms with E-state index in [1.165, 1.54) is 0 Å². The van der Waals surface area contributed by atoms with Crippen LogP contribution in [0.15, 0.2) is 182 Å². The van der Waals surface area contributed by atoms with Gasteiger partial charge in [-0.3, -0.25) is 0 Å². The Kier molecular flexibility index (Phi) is 4.46. The SMILES string of the molecule is [2H]c1c([2H])c([2H])c2c(-c3cc4ccc5ccccc5c4c4ccccc34)c3c([2H])c([2H])c([2H])c([2H])c3c(-c3cc(-c4ccccc4)c4ccccc4c3)c2c1[2H]. The minimum absolute atomic E-state index is 0.195. The Morgan fingerprint density at radius 1 is 0.312 bits per heavy atom. The third kappa shape index (κ3) is 4.03. The van der Waals surface area contributed by atoms with Crippen molar-refractivity contribution in [2.45, 2.75) is 0 Å². The van der Waals surface area contributed by atoms with Crippen molar-refractivity contribution in [3.05, 3.63) is 182 Å². The summed E-state index contributed by atoms with van der Waals surface area (Å²) in [5.41, 5.74) is 3.69. The van der Waals surface area contributed by atoms with Crippen LogP contribution in [0.4, 0.5) is 0 Å². The van der Waals surface area contributed by atoms with E-state index in [9.17, 15) is 5.48 Å². The standard InChI is InChI=1S/C48H30/c1-2-14-31(15-3-1)44-30-35(28-33-17-5-6-18-36(33)44)47-40-22-10-12-24-42(40)48(43-25-13-11-23-41(43)47)45-29-34-27-26-32-16-4-7-19-37(32)46(34)39-21-9-8-20-38(39)45/h1-30H/i10D,11D,12D,13D,22D,23D,24D,25D. The van der Waals surface area contributed by atoms with Crippen molar-refractivity contribution in [2.24, 2.45) is 0 Å². The van der Waals surface area contributed by atoms with Crippen LogP contribution in [0.2, 0.25) is 0 Å². The molecule has 0 saturated carbocycles. The van der Waals surface area contributed by atoms with Crippen LogP contribution in [0.25, 0.3) is 98.0 Å². The Morgan fingerprint density at radius 3 is 1.56 bits per heavy atom. The van der Waals surface area contributed by atoms with Crippen LogP contribution in [-0.2, 0) is 0 Å². The second kappa shape index (κ2) is 10.7. The zero-order valence-corrected chi connectivity index (χ0v) is 25.7. The molecule has 0 fully saturated rings. The molecule has 10 aromatic carbocycles. The van der Waals surface area contributed by atoms with E-state index < -0.39 is 24.2 Å². The highest BCUT2D eigenvalue weighted by Crippen LogP contribution is 2.48. The molecule has 0 aliphatic rings. The molecule has 10 rings (SSSR count). The number of rotatable bonds is 3. The summed E-state index contributed by atoms with van der Waals surface area (Å²) < 4.78 is 74.1. The van der Waals surface area contributed by atoms with Gasteiger partial charge in [-0.1, -0.05) is 164 Å². The van der Waals surface area contributed by atoms with Crippen LogP contribution in [0.1, 0.15) is 11.0 Å². The molecule has 0 bridgehead atoms. The van der Waals surface area contributed by atoms with E-state index in [1.807, 2.05) is 115 Å². The van der Waals surface area contributed by atoms with Crippen LogP contribution in [0.3, 0.4) is 0 Å². The molecule has 0 N–H and O–H groups in total. The van der Waals surface area contributed by atoms with Crippen molar-refractivity contribution in [3.63, 3.8) is 0 Å². The van der Waals surface area contributed by atoms with Crippen molar-refractivity contribution in [1.82, 2.24) is 0 Å². The van der Waals surface area contributed by atoms with Crippen molar-refractivity contribution >= 4 is 64.6 Å². The van der Waals surface area contributed by atoms with Gasteiger partial charge >= 0.3 is 0 Å². The summed E-state index contributed by atoms with van der Waals surface area (Å²) in [4.78, 5) is 0. The van der Waals surface area contributed by atoms with Crippen LogP contribution < -0.4 is 0 Å². The first kappa shape index (κ1) is 20.1. The molecule has 0 aromatic heterocycles. The molecule has 0 nitrogen and oxygen atoms in total. The Morgan fingerprint density at radius 2 is 0.854 bits per heavy atom. The Hall–Kier alpha value is -6.24. The van der Waals surface area contributed by atoms with Crippen LogP contribution >= 0.6 is 0 Å². The number of hydrogen-bond acceptors (Lipinski definition) is 0. The van der Waals surface area contributed by atoms with Gasteiger partial charge in [0.15, 0.2) is 0 Å². The lowest BCUT2D eigenvalue weighted by atomic mass is 9.82. The lowest BCUT2D eigenvalue weighted by Gasteiger charge is -2.21. The van der Waals surface area contributed by atoms with Gasteiger partial charge < -0.3 is 0 Å². The third-order valence-electron chi connectivity index (χ3n) is 9.63. The smallest absolute Gasteiger partial charge is 0.0622 e. The Labute approximate surface area is 290 Å². The first-order valence-corrected chi connectivity index (χ1v) is 16.0. The topological polar surface area (TPSA) is 0 Å². The van der Waals surface area contributed by atoms with Crippen molar-refractivity contribution < 1.29 is 11.0 Å². The summed E-state index contributed by atoms with van der Waals surface area (Å²) in [6.07, 6.45) is 0. The van der Waals surface area contributed by atoms with Gasteiger partial charge in [-0.25, -0.2) is 0 Å². The van der Waals surface area contributed by atoms with E-state index in [-0.39, 0.29) is 45.7 Å². The van der Waals surface area contributed by atoms with Crippen molar-refractivity contribution in [2.75, 3.05) is 0 Å². The summed E-state index contributed by atoms with van der Waals surface area (Å²) in [6, 6.07) is 41.1. The van der Waals surface area contributed by atoms with E-state index in [0.29, 0.717) is 22.3 Å². The molecule has 48 heavy (non-hydrogen) atoms. The predicted octanol–water partition coefficient (Wildman–Crippen LogP) is 13.6. The second-order valence-electron chi connectivity index (χ2n) is 12.2. The largest absolute Gasteiger partial charge is 0.0629 e. The highest BCUT2D eigenvalue weighted by molar-refractivity contribution is 6.28. The van der Waals surface area contributed by atoms with Crippen molar-refractivity contribution in [1.29, 1.82) is 0 Å². The molecule has 10 aromatic rings. The molecular weight excluding hydrogens is 577 g/mol. The maximum atomic E-state index is 9.57. The summed E-state index contributed by atoms with van der Waals surface area (Å²) in [7, 11) is 0. The second-order valence-corrected chi connectivity index (χ2v) is 12.2. The quantitative estimate of drug-likeness (QED) is 0.137. The molecule has 0 aliphatic carbocycles. The van der Waals surface area contributed by atoms with Gasteiger partial charge in [0.2, 0.25) is 0 Å². The highest BCUT2D eigenvalue weighted by atomic mass is 14.2. The lowest BCUT2D eigenvalue weighted by Crippen LogP contribution is -1.93. The van der Waals surface area contributed by atoms with Gasteiger partial charge in [0.1, 0.15) is 0 Å². The summed E-state index contributed by atoms with van der Waals surface area (Å²) in [5.74, 6) is 0. The van der Waals surface area contributed by atoms with Gasteiger partial charge in [0.05, 0.1) is 11.0 Å². The van der Waals surface area contributed by atoms with E-state index in [2.05, 4.69) is 18.2 Å². The fraction of sp³-hybridized carbons (Fsp3) is 0. The molecule has 0 saturated heterocycles. The zero-order valence-electron chi connectivity index (χ0n) is 33.7. The first-order chi connectivity index (χ1) is 27.2. The average molecular weight is 615 g/mol. The maximum absolute atomic E-state index is 9.57. The molecule has 0 radical (unpaired) electrons. The van der Waals surface area contributed by atoms with Crippen molar-refractivity contribution in [3.8, 4) is 33.4 Å². The molecule has 0 heterocycles. The first-order valence-electron chi connectivity index (χ1n) is 20.0. The zero-order chi connectivity index (χ0) is 38.6. The summed E-state index contributed by atoms with van der Waals surface area (Å²) in [5, 5.41) is 8.42. The van der Waals surface area contributed by atoms with E-state index in [0.717, 1.165) is 54.2 Å². The molecular formula is C48H30. The van der Waals surface area contributed by atoms with Gasteiger partial charge in [-0.15, -0.1) is 0 Å². The Balaban J connectivity index is 1.48. The van der Waals surface area contributed by atoms with Gasteiger partial charge in [-0.05, 0) is 116 Å². The third-order valence-corrected chi connectivity index (χ3v) is 9.63. The van der Waals surface area contributed by atoms with Gasteiger partial charge in [0, 0.05) is 0 Å². The minimum atomic E-state index is -0.422. The normalized spacial score (nSPS) is 14.1. The average Bonchev–Trinajstić information content (AvgIpc) is 3.24. The minimum Gasteiger partial charge on any atom is -0.0622 e. The lowest BCUT2D eigenvalue weighted by molar-refractivity contribution is 1.64. The fourth-order valence-electron chi connectivity index (χ4n) is 7.58. The van der Waals surface area contributed by atoms with E-state index in [4.69, 9.17) is 5.48 Å². The van der Waals surface area contributed by atoms with E-state index in [1.54, 1.807) is 0 Å². The van der Waals surface area contributed by atoms with Crippen LogP contribution in [0, 0.1) is 0 Å². The van der Waals surface area contributed by atoms with Gasteiger partial charge in [-0.2, -0.15) is 0 Å². The fourth-order valence-corrected chi connectivity index (χ4v) is 7.58. The monoisotopic (exact) mass is 614 g/mol. The van der Waals surface area contributed by atoms with E-state index >= 15 is 0 Å². The number of hydrogen-bond donors (Lipinski definition) is 0. The molecule has 0 amide bonds. The molecule has 0 heteroatoms. The predicted molar refractivity (Wildman–Crippen MR) is 208 cm³/mol. The van der Waals surface area contributed by atoms with Crippen LogP contribution in [-0.4, -0.2) is 0 Å². The number of benzene rings is 10. The number of fused-ring (bicyclic) bond motifs is 8. The molecule has 222 valence electrons. The highest BCUT2D eigenvalue weighted by Gasteiger charge is 2.20. The summed E-state index contributed by atoms with van der Waals surface area (Å²) >= 11 is 0. The molecule has 0 atom stereocenters. The Bertz CT molecular complexity index is 3250.